The molecule has 6 heteroatoms. The van der Waals surface area contributed by atoms with Crippen LogP contribution in [0.5, 0.6) is 0 Å². The number of fused-ring (bicyclic) bond motifs is 1. The number of urea groups is 1. The lowest BCUT2D eigenvalue weighted by Crippen LogP contribution is -2.41. The number of hydrogen-bond donors (Lipinski definition) is 3. The summed E-state index contributed by atoms with van der Waals surface area (Å²) in [6.45, 7) is 2.32. The molecule has 0 aliphatic carbocycles. The quantitative estimate of drug-likeness (QED) is 0.690. The zero-order valence-corrected chi connectivity index (χ0v) is 16.3. The van der Waals surface area contributed by atoms with Gasteiger partial charge in [-0.3, -0.25) is 4.79 Å². The van der Waals surface area contributed by atoms with Gasteiger partial charge in [0.1, 0.15) is 0 Å². The van der Waals surface area contributed by atoms with Gasteiger partial charge in [0.15, 0.2) is 0 Å². The topological polar surface area (TPSA) is 73.5 Å². The second kappa shape index (κ2) is 9.90. The van der Waals surface area contributed by atoms with Crippen LogP contribution in [0, 0.1) is 0 Å². The van der Waals surface area contributed by atoms with Gasteiger partial charge in [-0.1, -0.05) is 54.6 Å². The van der Waals surface area contributed by atoms with Crippen molar-refractivity contribution in [3.63, 3.8) is 0 Å². The molecule has 0 fully saturated rings. The molecule has 3 N–H and O–H groups in total. The highest BCUT2D eigenvalue weighted by Gasteiger charge is 2.19. The van der Waals surface area contributed by atoms with Gasteiger partial charge in [-0.2, -0.15) is 0 Å². The van der Waals surface area contributed by atoms with Crippen molar-refractivity contribution in [2.75, 3.05) is 26.7 Å². The van der Waals surface area contributed by atoms with E-state index in [0.717, 1.165) is 18.5 Å². The standard InChI is InChI=1S/C22H28N4O2/c1-26(16-17-7-3-2-4-8-17)22(28)24-14-12-21(27)25-15-20-19-10-6-5-9-18(19)11-13-23-20/h2-10,20,23H,11-16H2,1H3,(H,24,28)(H,25,27). The molecule has 3 rings (SSSR count). The van der Waals surface area contributed by atoms with Crippen LogP contribution in [0.15, 0.2) is 54.6 Å². The smallest absolute Gasteiger partial charge is 0.317 e. The Kier molecular flexibility index (Phi) is 7.03. The minimum atomic E-state index is -0.181. The van der Waals surface area contributed by atoms with Gasteiger partial charge in [-0.15, -0.1) is 0 Å². The van der Waals surface area contributed by atoms with Crippen molar-refractivity contribution >= 4 is 11.9 Å². The van der Waals surface area contributed by atoms with E-state index in [9.17, 15) is 9.59 Å². The molecule has 1 unspecified atom stereocenters. The molecule has 3 amide bonds. The lowest BCUT2D eigenvalue weighted by atomic mass is 9.94. The predicted octanol–water partition coefficient (Wildman–Crippen LogP) is 2.22. The Morgan fingerprint density at radius 2 is 1.82 bits per heavy atom. The number of rotatable bonds is 7. The van der Waals surface area contributed by atoms with E-state index in [1.165, 1.54) is 11.1 Å². The van der Waals surface area contributed by atoms with Crippen LogP contribution in [0.1, 0.15) is 29.2 Å². The Balaban J connectivity index is 1.36. The van der Waals surface area contributed by atoms with Crippen LogP contribution in [0.3, 0.4) is 0 Å². The lowest BCUT2D eigenvalue weighted by Gasteiger charge is -2.27. The Morgan fingerprint density at radius 3 is 2.64 bits per heavy atom. The highest BCUT2D eigenvalue weighted by Crippen LogP contribution is 2.21. The summed E-state index contributed by atoms with van der Waals surface area (Å²) in [4.78, 5) is 25.9. The molecule has 1 heterocycles. The fourth-order valence-electron chi connectivity index (χ4n) is 3.43. The van der Waals surface area contributed by atoms with E-state index in [1.54, 1.807) is 11.9 Å². The maximum absolute atomic E-state index is 12.1. The van der Waals surface area contributed by atoms with Crippen molar-refractivity contribution in [3.05, 3.63) is 71.3 Å². The average molecular weight is 380 g/mol. The van der Waals surface area contributed by atoms with E-state index >= 15 is 0 Å². The summed E-state index contributed by atoms with van der Waals surface area (Å²) in [6, 6.07) is 18.1. The maximum Gasteiger partial charge on any atom is 0.317 e. The Labute approximate surface area is 166 Å². The van der Waals surface area contributed by atoms with Gasteiger partial charge in [0, 0.05) is 39.1 Å². The third-order valence-electron chi connectivity index (χ3n) is 4.96. The number of nitrogens with one attached hydrogen (secondary N) is 3. The van der Waals surface area contributed by atoms with E-state index in [-0.39, 0.29) is 24.4 Å². The van der Waals surface area contributed by atoms with Gasteiger partial charge >= 0.3 is 6.03 Å². The second-order valence-corrected chi connectivity index (χ2v) is 7.08. The number of hydrogen-bond acceptors (Lipinski definition) is 3. The zero-order chi connectivity index (χ0) is 19.8. The number of amides is 3. The van der Waals surface area contributed by atoms with Crippen molar-refractivity contribution in [2.24, 2.45) is 0 Å². The van der Waals surface area contributed by atoms with Gasteiger partial charge in [-0.05, 0) is 29.7 Å². The fourth-order valence-corrected chi connectivity index (χ4v) is 3.43. The Morgan fingerprint density at radius 1 is 1.07 bits per heavy atom. The number of carbonyl (C=O) groups is 2. The summed E-state index contributed by atoms with van der Waals surface area (Å²) in [5.41, 5.74) is 3.66. The molecule has 0 aromatic heterocycles. The van der Waals surface area contributed by atoms with Crippen molar-refractivity contribution in [2.45, 2.75) is 25.4 Å². The summed E-state index contributed by atoms with van der Waals surface area (Å²) in [7, 11) is 1.74. The summed E-state index contributed by atoms with van der Waals surface area (Å²) < 4.78 is 0. The van der Waals surface area contributed by atoms with Gasteiger partial charge < -0.3 is 20.9 Å². The molecule has 0 saturated carbocycles. The first kappa shape index (κ1) is 19.9. The van der Waals surface area contributed by atoms with E-state index in [2.05, 4.69) is 34.1 Å². The van der Waals surface area contributed by atoms with E-state index < -0.39 is 0 Å². The molecule has 1 aliphatic heterocycles. The average Bonchev–Trinajstić information content (AvgIpc) is 2.72. The molecular weight excluding hydrogens is 352 g/mol. The van der Waals surface area contributed by atoms with Crippen LogP contribution in [-0.2, 0) is 17.8 Å². The van der Waals surface area contributed by atoms with Gasteiger partial charge in [0.2, 0.25) is 5.91 Å². The van der Waals surface area contributed by atoms with Crippen LogP contribution < -0.4 is 16.0 Å². The molecule has 2 aromatic rings. The molecule has 2 aromatic carbocycles. The van der Waals surface area contributed by atoms with Crippen LogP contribution in [0.4, 0.5) is 4.79 Å². The van der Waals surface area contributed by atoms with Crippen LogP contribution in [0.2, 0.25) is 0 Å². The molecular formula is C22H28N4O2. The molecule has 0 bridgehead atoms. The van der Waals surface area contributed by atoms with Gasteiger partial charge in [0.25, 0.3) is 0 Å². The van der Waals surface area contributed by atoms with Crippen molar-refractivity contribution < 1.29 is 9.59 Å². The summed E-state index contributed by atoms with van der Waals surface area (Å²) in [5, 5.41) is 9.22. The molecule has 0 saturated heterocycles. The molecule has 6 nitrogen and oxygen atoms in total. The zero-order valence-electron chi connectivity index (χ0n) is 16.3. The van der Waals surface area contributed by atoms with Gasteiger partial charge in [-0.25, -0.2) is 4.79 Å². The van der Waals surface area contributed by atoms with Gasteiger partial charge in [0.05, 0.1) is 0 Å². The normalized spacial score (nSPS) is 15.4. The van der Waals surface area contributed by atoms with E-state index in [4.69, 9.17) is 0 Å². The largest absolute Gasteiger partial charge is 0.354 e. The minimum absolute atomic E-state index is 0.0594. The first-order valence-corrected chi connectivity index (χ1v) is 9.74. The third-order valence-corrected chi connectivity index (χ3v) is 4.96. The third kappa shape index (κ3) is 5.57. The maximum atomic E-state index is 12.1. The first-order valence-electron chi connectivity index (χ1n) is 9.74. The van der Waals surface area contributed by atoms with Crippen molar-refractivity contribution in [1.29, 1.82) is 0 Å². The van der Waals surface area contributed by atoms with E-state index in [0.29, 0.717) is 19.6 Å². The highest BCUT2D eigenvalue weighted by atomic mass is 16.2. The number of carbonyl (C=O) groups excluding carboxylic acids is 2. The summed E-state index contributed by atoms with van der Waals surface area (Å²) >= 11 is 0. The molecule has 0 spiro atoms. The lowest BCUT2D eigenvalue weighted by molar-refractivity contribution is -0.121. The fraction of sp³-hybridized carbons (Fsp3) is 0.364. The van der Waals surface area contributed by atoms with E-state index in [1.807, 2.05) is 36.4 Å². The van der Waals surface area contributed by atoms with Crippen molar-refractivity contribution in [1.82, 2.24) is 20.9 Å². The Hall–Kier alpha value is -2.86. The van der Waals surface area contributed by atoms with Crippen LogP contribution in [-0.4, -0.2) is 43.5 Å². The van der Waals surface area contributed by atoms with Crippen molar-refractivity contribution in [3.8, 4) is 0 Å². The van der Waals surface area contributed by atoms with Crippen LogP contribution in [0.25, 0.3) is 0 Å². The molecule has 28 heavy (non-hydrogen) atoms. The first-order chi connectivity index (χ1) is 13.6. The second-order valence-electron chi connectivity index (χ2n) is 7.08. The van der Waals surface area contributed by atoms with Crippen LogP contribution >= 0.6 is 0 Å². The monoisotopic (exact) mass is 380 g/mol. The SMILES string of the molecule is CN(Cc1ccccc1)C(=O)NCCC(=O)NCC1NCCc2ccccc21. The molecule has 0 radical (unpaired) electrons. The Bertz CT molecular complexity index is 794. The number of nitrogens with zero attached hydrogens (tertiary/aromatic N) is 1. The summed E-state index contributed by atoms with van der Waals surface area (Å²) in [6.07, 6.45) is 1.28. The number of benzene rings is 2. The minimum Gasteiger partial charge on any atom is -0.354 e. The molecule has 1 aliphatic rings. The summed E-state index contributed by atoms with van der Waals surface area (Å²) in [5.74, 6) is -0.0594. The molecule has 148 valence electrons. The predicted molar refractivity (Wildman–Crippen MR) is 110 cm³/mol. The highest BCUT2D eigenvalue weighted by molar-refractivity contribution is 5.78. The molecule has 1 atom stereocenters.